The van der Waals surface area contributed by atoms with Gasteiger partial charge in [-0.25, -0.2) is 9.59 Å². The second-order valence-corrected chi connectivity index (χ2v) is 9.98. The maximum atomic E-state index is 13.6. The Hall–Kier alpha value is -3.31. The second kappa shape index (κ2) is 11.8. The quantitative estimate of drug-likeness (QED) is 0.458. The number of carbonyl (C=O) groups is 3. The van der Waals surface area contributed by atoms with Crippen LogP contribution in [0.15, 0.2) is 40.9 Å². The highest BCUT2D eigenvalue weighted by Gasteiger charge is 2.42. The first kappa shape index (κ1) is 28.3. The van der Waals surface area contributed by atoms with Gasteiger partial charge in [0.15, 0.2) is 12.1 Å². The Balaban J connectivity index is 1.92. The molecule has 0 fully saturated rings. The highest BCUT2D eigenvalue weighted by molar-refractivity contribution is 9.10. The Morgan fingerprint density at radius 3 is 2.41 bits per heavy atom. The summed E-state index contributed by atoms with van der Waals surface area (Å²) in [5.74, 6) is 0.112. The average Bonchev–Trinajstić information content (AvgIpc) is 2.86. The summed E-state index contributed by atoms with van der Waals surface area (Å²) in [5.41, 5.74) is 0.183. The number of hydrogen-bond donors (Lipinski definition) is 1. The van der Waals surface area contributed by atoms with Crippen molar-refractivity contribution in [3.63, 3.8) is 0 Å². The number of carbonyl (C=O) groups excluding carboxylic acids is 3. The van der Waals surface area contributed by atoms with Crippen LogP contribution in [0.2, 0.25) is 0 Å². The van der Waals surface area contributed by atoms with Crippen LogP contribution in [0.5, 0.6) is 17.2 Å². The van der Waals surface area contributed by atoms with E-state index in [-0.39, 0.29) is 12.2 Å². The minimum atomic E-state index is -1.37. The number of fused-ring (bicyclic) bond motifs is 1. The zero-order valence-corrected chi connectivity index (χ0v) is 23.0. The topological polar surface area (TPSA) is 119 Å². The van der Waals surface area contributed by atoms with Gasteiger partial charge in [0.05, 0.1) is 43.6 Å². The van der Waals surface area contributed by atoms with Crippen LogP contribution in [0, 0.1) is 0 Å². The van der Waals surface area contributed by atoms with Crippen molar-refractivity contribution in [1.82, 2.24) is 5.32 Å². The summed E-state index contributed by atoms with van der Waals surface area (Å²) < 4.78 is 33.3. The van der Waals surface area contributed by atoms with Crippen molar-refractivity contribution in [3.05, 3.63) is 52.0 Å². The molecule has 0 bridgehead atoms. The molecule has 1 aliphatic heterocycles. The van der Waals surface area contributed by atoms with E-state index in [1.165, 1.54) is 27.4 Å². The Labute approximate surface area is 223 Å². The number of esters is 1. The highest BCUT2D eigenvalue weighted by Crippen LogP contribution is 2.40. The van der Waals surface area contributed by atoms with Gasteiger partial charge in [0.2, 0.25) is 11.9 Å². The number of ether oxygens (including phenoxy) is 6. The molecular weight excluding hydrogens is 550 g/mol. The smallest absolute Gasteiger partial charge is 0.408 e. The molecule has 0 spiro atoms. The van der Waals surface area contributed by atoms with E-state index in [0.717, 1.165) is 0 Å². The lowest BCUT2D eigenvalue weighted by molar-refractivity contribution is -0.146. The van der Waals surface area contributed by atoms with Crippen molar-refractivity contribution < 1.29 is 42.8 Å². The van der Waals surface area contributed by atoms with E-state index in [0.29, 0.717) is 27.3 Å². The molecule has 1 N–H and O–H groups in total. The summed E-state index contributed by atoms with van der Waals surface area (Å²) in [6, 6.07) is 8.76. The predicted octanol–water partition coefficient (Wildman–Crippen LogP) is 4.23. The van der Waals surface area contributed by atoms with E-state index < -0.39 is 41.7 Å². The minimum absolute atomic E-state index is 0.157. The molecule has 0 radical (unpaired) electrons. The van der Waals surface area contributed by atoms with Gasteiger partial charge in [-0.1, -0.05) is 6.07 Å². The van der Waals surface area contributed by atoms with Crippen LogP contribution in [-0.2, 0) is 19.0 Å². The monoisotopic (exact) mass is 579 g/mol. The van der Waals surface area contributed by atoms with Crippen molar-refractivity contribution in [2.45, 2.75) is 44.6 Å². The normalized spacial score (nSPS) is 17.6. The number of benzene rings is 2. The van der Waals surface area contributed by atoms with E-state index in [1.807, 2.05) is 0 Å². The lowest BCUT2D eigenvalue weighted by Gasteiger charge is -2.33. The van der Waals surface area contributed by atoms with Crippen LogP contribution >= 0.6 is 15.9 Å². The number of hydrogen-bond acceptors (Lipinski definition) is 9. The van der Waals surface area contributed by atoms with Crippen molar-refractivity contribution in [1.29, 1.82) is 0 Å². The molecule has 0 saturated heterocycles. The minimum Gasteiger partial charge on any atom is -0.497 e. The van der Waals surface area contributed by atoms with E-state index in [9.17, 15) is 14.4 Å². The highest BCUT2D eigenvalue weighted by atomic mass is 79.9. The maximum absolute atomic E-state index is 13.6. The molecule has 37 heavy (non-hydrogen) atoms. The van der Waals surface area contributed by atoms with E-state index >= 15 is 0 Å². The zero-order chi connectivity index (χ0) is 27.3. The standard InChI is InChI=1S/C26H30BrNO9/c1-26(2,3)35-13-18(24(30)34-6)28-25(31)37-23-21(29)16-12-15(32-4)8-10-19(16)36-22(23)14-7-9-20(33-5)17(27)11-14/h7-12,18,22-23H,13H2,1-6H3,(H,28,31)/t18-,22-,23+/m0/s1. The first-order valence-corrected chi connectivity index (χ1v) is 12.2. The molecule has 0 unspecified atom stereocenters. The molecule has 0 saturated carbocycles. The molecule has 1 amide bonds. The third-order valence-corrected chi connectivity index (χ3v) is 6.06. The fourth-order valence-corrected chi connectivity index (χ4v) is 4.13. The Morgan fingerprint density at radius 1 is 1.08 bits per heavy atom. The van der Waals surface area contributed by atoms with Crippen LogP contribution in [0.25, 0.3) is 0 Å². The Kier molecular flexibility index (Phi) is 9.03. The van der Waals surface area contributed by atoms with Crippen molar-refractivity contribution in [2.24, 2.45) is 0 Å². The first-order chi connectivity index (χ1) is 17.5. The molecule has 2 aromatic rings. The van der Waals surface area contributed by atoms with Crippen LogP contribution in [0.1, 0.15) is 42.8 Å². The van der Waals surface area contributed by atoms with Gasteiger partial charge in [-0.05, 0) is 72.6 Å². The molecule has 1 heterocycles. The van der Waals surface area contributed by atoms with Gasteiger partial charge in [0.1, 0.15) is 17.2 Å². The lowest BCUT2D eigenvalue weighted by Crippen LogP contribution is -2.49. The number of nitrogens with one attached hydrogen (secondary N) is 1. The van der Waals surface area contributed by atoms with Gasteiger partial charge in [-0.3, -0.25) is 4.79 Å². The second-order valence-electron chi connectivity index (χ2n) is 9.13. The number of ketones is 1. The van der Waals surface area contributed by atoms with Crippen LogP contribution in [0.4, 0.5) is 4.79 Å². The number of alkyl carbamates (subject to hydrolysis) is 1. The maximum Gasteiger partial charge on any atom is 0.408 e. The summed E-state index contributed by atoms with van der Waals surface area (Å²) in [6.07, 6.45) is -3.37. The van der Waals surface area contributed by atoms with Gasteiger partial charge in [-0.15, -0.1) is 0 Å². The molecule has 2 aromatic carbocycles. The van der Waals surface area contributed by atoms with Crippen molar-refractivity contribution in [2.75, 3.05) is 27.9 Å². The summed E-state index contributed by atoms with van der Waals surface area (Å²) in [6.45, 7) is 5.26. The van der Waals surface area contributed by atoms with E-state index in [4.69, 9.17) is 28.4 Å². The molecule has 3 rings (SSSR count). The van der Waals surface area contributed by atoms with Crippen molar-refractivity contribution in [3.8, 4) is 17.2 Å². The number of amides is 1. The number of rotatable bonds is 8. The Morgan fingerprint density at radius 2 is 1.81 bits per heavy atom. The molecule has 11 heteroatoms. The molecule has 0 aromatic heterocycles. The number of methoxy groups -OCH3 is 3. The van der Waals surface area contributed by atoms with Gasteiger partial charge >= 0.3 is 12.1 Å². The molecule has 200 valence electrons. The molecule has 1 aliphatic rings. The number of halogens is 1. The summed E-state index contributed by atoms with van der Waals surface area (Å²) in [4.78, 5) is 38.7. The van der Waals surface area contributed by atoms with Gasteiger partial charge in [0, 0.05) is 0 Å². The fraction of sp³-hybridized carbons (Fsp3) is 0.423. The lowest BCUT2D eigenvalue weighted by atomic mass is 9.93. The van der Waals surface area contributed by atoms with Crippen molar-refractivity contribution >= 4 is 33.8 Å². The van der Waals surface area contributed by atoms with Gasteiger partial charge in [-0.2, -0.15) is 0 Å². The largest absolute Gasteiger partial charge is 0.497 e. The average molecular weight is 580 g/mol. The van der Waals surface area contributed by atoms with E-state index in [1.54, 1.807) is 51.1 Å². The third kappa shape index (κ3) is 6.92. The Bertz CT molecular complexity index is 1160. The SMILES string of the molecule is COC(=O)[C@H](COC(C)(C)C)NC(=O)O[C@@H]1C(=O)c2cc(OC)ccc2O[C@H]1c1ccc(OC)c(Br)c1. The molecule has 3 atom stereocenters. The zero-order valence-electron chi connectivity index (χ0n) is 21.5. The van der Waals surface area contributed by atoms with E-state index in [2.05, 4.69) is 21.2 Å². The van der Waals surface area contributed by atoms with Crippen LogP contribution in [-0.4, -0.2) is 63.5 Å². The first-order valence-electron chi connectivity index (χ1n) is 11.4. The molecular formula is C26H30BrNO9. The summed E-state index contributed by atoms with van der Waals surface area (Å²) in [7, 11) is 4.20. The van der Waals surface area contributed by atoms with Crippen LogP contribution in [0.3, 0.4) is 0 Å². The molecule has 0 aliphatic carbocycles. The fourth-order valence-electron chi connectivity index (χ4n) is 3.57. The number of Topliss-reactive ketones (excluding diaryl/α,β-unsaturated/α-hetero) is 1. The van der Waals surface area contributed by atoms with Crippen LogP contribution < -0.4 is 19.5 Å². The predicted molar refractivity (Wildman–Crippen MR) is 136 cm³/mol. The molecule has 10 nitrogen and oxygen atoms in total. The summed E-state index contributed by atoms with van der Waals surface area (Å²) in [5, 5.41) is 2.43. The third-order valence-electron chi connectivity index (χ3n) is 5.44. The van der Waals surface area contributed by atoms with Gasteiger partial charge in [0.25, 0.3) is 0 Å². The van der Waals surface area contributed by atoms with Gasteiger partial charge < -0.3 is 33.7 Å². The summed E-state index contributed by atoms with van der Waals surface area (Å²) >= 11 is 3.43.